The number of carbonyl (C=O) groups is 1. The Labute approximate surface area is 139 Å². The van der Waals surface area contributed by atoms with Crippen LogP contribution in [0.25, 0.3) is 0 Å². The van der Waals surface area contributed by atoms with Gasteiger partial charge < -0.3 is 20.3 Å². The van der Waals surface area contributed by atoms with Crippen LogP contribution in [0.3, 0.4) is 0 Å². The highest BCUT2D eigenvalue weighted by molar-refractivity contribution is 5.98. The van der Waals surface area contributed by atoms with E-state index in [0.717, 1.165) is 56.1 Å². The van der Waals surface area contributed by atoms with Crippen molar-refractivity contribution in [3.8, 4) is 5.75 Å². The topological polar surface area (TPSA) is 53.6 Å². The molecule has 1 aromatic carbocycles. The van der Waals surface area contributed by atoms with Crippen LogP contribution in [-0.4, -0.2) is 56.1 Å². The van der Waals surface area contributed by atoms with E-state index in [0.29, 0.717) is 6.54 Å². The van der Waals surface area contributed by atoms with Crippen LogP contribution >= 0.6 is 0 Å². The second kappa shape index (κ2) is 8.89. The molecule has 1 atom stereocenters. The summed E-state index contributed by atoms with van der Waals surface area (Å²) in [5.41, 5.74) is 1.64. The van der Waals surface area contributed by atoms with Gasteiger partial charge in [0.15, 0.2) is 5.78 Å². The summed E-state index contributed by atoms with van der Waals surface area (Å²) in [5, 5.41) is 6.55. The predicted octanol–water partition coefficient (Wildman–Crippen LogP) is 2.38. The maximum Gasteiger partial charge on any atom is 0.176 e. The van der Waals surface area contributed by atoms with Crippen molar-refractivity contribution in [2.24, 2.45) is 0 Å². The molecular formula is C18H29N3O2. The first-order valence-corrected chi connectivity index (χ1v) is 8.64. The molecule has 1 aliphatic heterocycles. The van der Waals surface area contributed by atoms with Gasteiger partial charge in [-0.2, -0.15) is 0 Å². The van der Waals surface area contributed by atoms with Crippen LogP contribution in [0.1, 0.15) is 37.6 Å². The highest BCUT2D eigenvalue weighted by Crippen LogP contribution is 2.29. The molecule has 2 rings (SSSR count). The lowest BCUT2D eigenvalue weighted by atomic mass is 10.1. The van der Waals surface area contributed by atoms with Crippen LogP contribution in [0.15, 0.2) is 18.2 Å². The highest BCUT2D eigenvalue weighted by Gasteiger charge is 2.17. The van der Waals surface area contributed by atoms with Gasteiger partial charge in [-0.15, -0.1) is 0 Å². The van der Waals surface area contributed by atoms with Crippen LogP contribution in [0, 0.1) is 0 Å². The molecule has 1 unspecified atom stereocenters. The maximum absolute atomic E-state index is 12.3. The quantitative estimate of drug-likeness (QED) is 0.541. The number of hydrogen-bond donors (Lipinski definition) is 2. The summed E-state index contributed by atoms with van der Waals surface area (Å²) in [7, 11) is 0. The fraction of sp³-hybridized carbons (Fsp3) is 0.611. The molecule has 0 saturated carbocycles. The van der Waals surface area contributed by atoms with Gasteiger partial charge in [0.25, 0.3) is 0 Å². The van der Waals surface area contributed by atoms with Gasteiger partial charge in [-0.05, 0) is 57.7 Å². The molecule has 0 aliphatic carbocycles. The summed E-state index contributed by atoms with van der Waals surface area (Å²) in [6.45, 7) is 11.6. The Morgan fingerprint density at radius 3 is 2.91 bits per heavy atom. The molecule has 0 amide bonds. The molecule has 1 heterocycles. The molecule has 0 spiro atoms. The number of rotatable bonds is 9. The standard InChI is InChI=1S/C18H29N3O2/c1-4-21(5-2)10-6-9-19-13-17(22)15-7-8-18-16(11-15)20-12-14(3)23-18/h7-8,11,14,19-20H,4-6,9-10,12-13H2,1-3H3. The van der Waals surface area contributed by atoms with Crippen LogP contribution in [0.4, 0.5) is 5.69 Å². The summed E-state index contributed by atoms with van der Waals surface area (Å²) in [6, 6.07) is 5.62. The van der Waals surface area contributed by atoms with E-state index < -0.39 is 0 Å². The number of nitrogens with one attached hydrogen (secondary N) is 2. The number of ketones is 1. The highest BCUT2D eigenvalue weighted by atomic mass is 16.5. The second-order valence-corrected chi connectivity index (χ2v) is 6.00. The van der Waals surface area contributed by atoms with Crippen molar-refractivity contribution in [2.75, 3.05) is 44.6 Å². The number of anilines is 1. The van der Waals surface area contributed by atoms with Gasteiger partial charge >= 0.3 is 0 Å². The molecule has 128 valence electrons. The van der Waals surface area contributed by atoms with Crippen molar-refractivity contribution in [3.63, 3.8) is 0 Å². The Balaban J connectivity index is 1.76. The van der Waals surface area contributed by atoms with E-state index in [1.54, 1.807) is 0 Å². The summed E-state index contributed by atoms with van der Waals surface area (Å²) in [4.78, 5) is 14.7. The Morgan fingerprint density at radius 1 is 1.39 bits per heavy atom. The van der Waals surface area contributed by atoms with Crippen molar-refractivity contribution in [1.29, 1.82) is 0 Å². The predicted molar refractivity (Wildman–Crippen MR) is 94.6 cm³/mol. The van der Waals surface area contributed by atoms with E-state index >= 15 is 0 Å². The van der Waals surface area contributed by atoms with E-state index in [9.17, 15) is 4.79 Å². The minimum Gasteiger partial charge on any atom is -0.487 e. The maximum atomic E-state index is 12.3. The Bertz CT molecular complexity index is 515. The number of nitrogens with zero attached hydrogens (tertiary/aromatic N) is 1. The molecule has 5 nitrogen and oxygen atoms in total. The van der Waals surface area contributed by atoms with E-state index in [-0.39, 0.29) is 11.9 Å². The minimum absolute atomic E-state index is 0.121. The number of ether oxygens (including phenoxy) is 1. The number of carbonyl (C=O) groups excluding carboxylic acids is 1. The van der Waals surface area contributed by atoms with Gasteiger partial charge in [0.05, 0.1) is 18.8 Å². The minimum atomic E-state index is 0.121. The molecule has 0 bridgehead atoms. The van der Waals surface area contributed by atoms with Gasteiger partial charge in [-0.25, -0.2) is 0 Å². The van der Waals surface area contributed by atoms with Gasteiger partial charge in [0.2, 0.25) is 0 Å². The average molecular weight is 319 g/mol. The third-order valence-electron chi connectivity index (χ3n) is 4.22. The van der Waals surface area contributed by atoms with E-state index in [1.807, 2.05) is 25.1 Å². The number of benzene rings is 1. The van der Waals surface area contributed by atoms with E-state index in [4.69, 9.17) is 4.74 Å². The number of Topliss-reactive ketones (excluding diaryl/α,β-unsaturated/α-hetero) is 1. The lowest BCUT2D eigenvalue weighted by Gasteiger charge is -2.25. The number of hydrogen-bond acceptors (Lipinski definition) is 5. The SMILES string of the molecule is CCN(CC)CCCNCC(=O)c1ccc2c(c1)NCC(C)O2. The zero-order chi connectivity index (χ0) is 16.7. The monoisotopic (exact) mass is 319 g/mol. The fourth-order valence-corrected chi connectivity index (χ4v) is 2.73. The first-order valence-electron chi connectivity index (χ1n) is 8.64. The zero-order valence-corrected chi connectivity index (χ0v) is 14.5. The van der Waals surface area contributed by atoms with Gasteiger partial charge in [0.1, 0.15) is 11.9 Å². The number of fused-ring (bicyclic) bond motifs is 1. The van der Waals surface area contributed by atoms with Crippen molar-refractivity contribution < 1.29 is 9.53 Å². The average Bonchev–Trinajstić information content (AvgIpc) is 2.57. The largest absolute Gasteiger partial charge is 0.487 e. The van der Waals surface area contributed by atoms with Crippen molar-refractivity contribution in [3.05, 3.63) is 23.8 Å². The molecule has 5 heteroatoms. The van der Waals surface area contributed by atoms with Crippen molar-refractivity contribution in [1.82, 2.24) is 10.2 Å². The lowest BCUT2D eigenvalue weighted by molar-refractivity contribution is 0.0991. The first kappa shape index (κ1) is 17.8. The molecule has 1 aromatic rings. The van der Waals surface area contributed by atoms with Crippen LogP contribution < -0.4 is 15.4 Å². The third-order valence-corrected chi connectivity index (χ3v) is 4.22. The van der Waals surface area contributed by atoms with Crippen LogP contribution in [-0.2, 0) is 0 Å². The normalized spacial score (nSPS) is 16.6. The molecule has 0 radical (unpaired) electrons. The molecule has 2 N–H and O–H groups in total. The Kier molecular flexibility index (Phi) is 6.86. The van der Waals surface area contributed by atoms with E-state index in [2.05, 4.69) is 29.4 Å². The van der Waals surface area contributed by atoms with Crippen molar-refractivity contribution in [2.45, 2.75) is 33.3 Å². The molecule has 0 fully saturated rings. The summed E-state index contributed by atoms with van der Waals surface area (Å²) >= 11 is 0. The van der Waals surface area contributed by atoms with Gasteiger partial charge in [-0.1, -0.05) is 13.8 Å². The van der Waals surface area contributed by atoms with Crippen LogP contribution in [0.5, 0.6) is 5.75 Å². The smallest absolute Gasteiger partial charge is 0.176 e. The summed E-state index contributed by atoms with van der Waals surface area (Å²) < 4.78 is 5.73. The first-order chi connectivity index (χ1) is 11.1. The lowest BCUT2D eigenvalue weighted by Crippen LogP contribution is -2.30. The van der Waals surface area contributed by atoms with Gasteiger partial charge in [-0.3, -0.25) is 4.79 Å². The fourth-order valence-electron chi connectivity index (χ4n) is 2.73. The molecule has 0 saturated heterocycles. The summed E-state index contributed by atoms with van der Waals surface area (Å²) in [5.74, 6) is 0.948. The Morgan fingerprint density at radius 2 is 2.17 bits per heavy atom. The van der Waals surface area contributed by atoms with Crippen molar-refractivity contribution >= 4 is 11.5 Å². The van der Waals surface area contributed by atoms with Gasteiger partial charge in [0, 0.05) is 5.56 Å². The van der Waals surface area contributed by atoms with E-state index in [1.165, 1.54) is 0 Å². The molecule has 23 heavy (non-hydrogen) atoms. The summed E-state index contributed by atoms with van der Waals surface area (Å²) in [6.07, 6.45) is 1.23. The molecule has 1 aliphatic rings. The molecular weight excluding hydrogens is 290 g/mol. The third kappa shape index (κ3) is 5.22. The zero-order valence-electron chi connectivity index (χ0n) is 14.5. The second-order valence-electron chi connectivity index (χ2n) is 6.00. The van der Waals surface area contributed by atoms with Crippen LogP contribution in [0.2, 0.25) is 0 Å². The molecule has 0 aromatic heterocycles. The Hall–Kier alpha value is -1.59.